The zero-order chi connectivity index (χ0) is 12.8. The van der Waals surface area contributed by atoms with Gasteiger partial charge in [-0.15, -0.1) is 0 Å². The Morgan fingerprint density at radius 3 is 3.06 bits per heavy atom. The first-order valence-corrected chi connectivity index (χ1v) is 5.60. The van der Waals surface area contributed by atoms with Crippen LogP contribution in [-0.4, -0.2) is 22.7 Å². The number of benzene rings is 1. The van der Waals surface area contributed by atoms with Gasteiger partial charge in [0.2, 0.25) is 0 Å². The van der Waals surface area contributed by atoms with Crippen molar-refractivity contribution in [1.82, 2.24) is 4.98 Å². The lowest BCUT2D eigenvalue weighted by Crippen LogP contribution is -1.95. The van der Waals surface area contributed by atoms with Crippen molar-refractivity contribution in [1.29, 1.82) is 0 Å². The molecule has 0 saturated heterocycles. The van der Waals surface area contributed by atoms with Gasteiger partial charge in [0.15, 0.2) is 0 Å². The Morgan fingerprint density at radius 2 is 2.22 bits per heavy atom. The van der Waals surface area contributed by atoms with E-state index in [9.17, 15) is 4.79 Å². The van der Waals surface area contributed by atoms with Crippen molar-refractivity contribution in [2.24, 2.45) is 0 Å². The molecule has 1 N–H and O–H groups in total. The molecule has 4 nitrogen and oxygen atoms in total. The van der Waals surface area contributed by atoms with Crippen LogP contribution in [0.15, 0.2) is 48.7 Å². The summed E-state index contributed by atoms with van der Waals surface area (Å²) in [5.74, 6) is -0.0986. The van der Waals surface area contributed by atoms with Gasteiger partial charge in [0.05, 0.1) is 11.9 Å². The van der Waals surface area contributed by atoms with Crippen molar-refractivity contribution in [3.63, 3.8) is 0 Å². The number of carboxylic acids is 1. The maximum absolute atomic E-state index is 10.3. The number of nitrogens with zero attached hydrogens (tertiary/aromatic N) is 1. The van der Waals surface area contributed by atoms with E-state index in [1.165, 1.54) is 0 Å². The van der Waals surface area contributed by atoms with E-state index in [1.807, 2.05) is 30.3 Å². The topological polar surface area (TPSA) is 59.4 Å². The quantitative estimate of drug-likeness (QED) is 0.820. The molecule has 0 bridgehead atoms. The highest BCUT2D eigenvalue weighted by atomic mass is 16.5. The maximum Gasteiger partial charge on any atom is 0.307 e. The van der Waals surface area contributed by atoms with Crippen LogP contribution in [0.4, 0.5) is 0 Å². The molecule has 1 aromatic carbocycles. The molecule has 0 aliphatic heterocycles. The molecule has 0 aliphatic rings. The van der Waals surface area contributed by atoms with Gasteiger partial charge in [0.1, 0.15) is 12.4 Å². The molecule has 0 amide bonds. The summed E-state index contributed by atoms with van der Waals surface area (Å²) in [6.45, 7) is 0.360. The minimum atomic E-state index is -0.844. The van der Waals surface area contributed by atoms with Crippen molar-refractivity contribution in [3.8, 4) is 5.75 Å². The molecule has 92 valence electrons. The second kappa shape index (κ2) is 5.82. The summed E-state index contributed by atoms with van der Waals surface area (Å²) in [6, 6.07) is 9.49. The molecule has 18 heavy (non-hydrogen) atoms. The highest BCUT2D eigenvalue weighted by Crippen LogP contribution is 2.18. The molecule has 1 aromatic heterocycles. The van der Waals surface area contributed by atoms with Crippen LogP contribution in [0, 0.1) is 0 Å². The number of carboxylic acid groups (broad SMARTS) is 1. The smallest absolute Gasteiger partial charge is 0.307 e. The molecular formula is C14H13NO3. The third-order valence-corrected chi connectivity index (χ3v) is 2.38. The normalized spacial score (nSPS) is 10.9. The molecule has 2 aromatic rings. The van der Waals surface area contributed by atoms with Crippen LogP contribution in [0.3, 0.4) is 0 Å². The van der Waals surface area contributed by atoms with E-state index in [1.54, 1.807) is 18.3 Å². The maximum atomic E-state index is 10.3. The van der Waals surface area contributed by atoms with Crippen LogP contribution in [0.25, 0.3) is 10.9 Å². The van der Waals surface area contributed by atoms with Crippen molar-refractivity contribution in [2.45, 2.75) is 6.42 Å². The Hall–Kier alpha value is -2.36. The summed E-state index contributed by atoms with van der Waals surface area (Å²) >= 11 is 0. The highest BCUT2D eigenvalue weighted by Gasteiger charge is 1.96. The fraction of sp³-hybridized carbons (Fsp3) is 0.143. The molecule has 0 radical (unpaired) electrons. The lowest BCUT2D eigenvalue weighted by Gasteiger charge is -2.04. The van der Waals surface area contributed by atoms with Crippen LogP contribution in [-0.2, 0) is 4.79 Å². The summed E-state index contributed by atoms with van der Waals surface area (Å²) in [6.07, 6.45) is 5.04. The summed E-state index contributed by atoms with van der Waals surface area (Å²) in [4.78, 5) is 14.5. The van der Waals surface area contributed by atoms with E-state index < -0.39 is 5.97 Å². The Kier molecular flexibility index (Phi) is 3.91. The van der Waals surface area contributed by atoms with E-state index in [-0.39, 0.29) is 6.42 Å². The average Bonchev–Trinajstić information content (AvgIpc) is 2.38. The second-order valence-electron chi connectivity index (χ2n) is 3.74. The zero-order valence-electron chi connectivity index (χ0n) is 9.74. The number of aromatic nitrogens is 1. The van der Waals surface area contributed by atoms with Crippen LogP contribution >= 0.6 is 0 Å². The molecule has 0 atom stereocenters. The van der Waals surface area contributed by atoms with Crippen LogP contribution < -0.4 is 4.74 Å². The largest absolute Gasteiger partial charge is 0.490 e. The van der Waals surface area contributed by atoms with Crippen molar-refractivity contribution >= 4 is 16.9 Å². The third kappa shape index (κ3) is 3.31. The van der Waals surface area contributed by atoms with Gasteiger partial charge in [-0.2, -0.15) is 0 Å². The fourth-order valence-corrected chi connectivity index (χ4v) is 1.54. The van der Waals surface area contributed by atoms with Crippen molar-refractivity contribution in [2.75, 3.05) is 6.61 Å². The summed E-state index contributed by atoms with van der Waals surface area (Å²) < 4.78 is 5.49. The van der Waals surface area contributed by atoms with Gasteiger partial charge in [0.25, 0.3) is 0 Å². The van der Waals surface area contributed by atoms with Crippen molar-refractivity contribution < 1.29 is 14.6 Å². The predicted octanol–water partition coefficient (Wildman–Crippen LogP) is 2.64. The summed E-state index contributed by atoms with van der Waals surface area (Å²) in [7, 11) is 0. The number of ether oxygens (including phenoxy) is 1. The number of hydrogen-bond acceptors (Lipinski definition) is 3. The Morgan fingerprint density at radius 1 is 1.33 bits per heavy atom. The third-order valence-electron chi connectivity index (χ3n) is 2.38. The van der Waals surface area contributed by atoms with E-state index in [0.717, 1.165) is 16.7 Å². The van der Waals surface area contributed by atoms with Crippen LogP contribution in [0.1, 0.15) is 6.42 Å². The monoisotopic (exact) mass is 243 g/mol. The van der Waals surface area contributed by atoms with E-state index in [4.69, 9.17) is 9.84 Å². The molecule has 4 heteroatoms. The Bertz CT molecular complexity index is 578. The van der Waals surface area contributed by atoms with E-state index in [0.29, 0.717) is 6.61 Å². The zero-order valence-corrected chi connectivity index (χ0v) is 9.74. The summed E-state index contributed by atoms with van der Waals surface area (Å²) in [5.41, 5.74) is 0.922. The SMILES string of the molecule is O=C(O)C/C=C/COc1ccc2ncccc2c1. The Balaban J connectivity index is 1.95. The lowest BCUT2D eigenvalue weighted by atomic mass is 10.2. The minimum Gasteiger partial charge on any atom is -0.490 e. The molecule has 0 saturated carbocycles. The first-order valence-electron chi connectivity index (χ1n) is 5.60. The lowest BCUT2D eigenvalue weighted by molar-refractivity contribution is -0.136. The van der Waals surface area contributed by atoms with E-state index >= 15 is 0 Å². The highest BCUT2D eigenvalue weighted by molar-refractivity contribution is 5.79. The average molecular weight is 243 g/mol. The number of hydrogen-bond donors (Lipinski definition) is 1. The number of rotatable bonds is 5. The Labute approximate surface area is 105 Å². The number of aliphatic carboxylic acids is 1. The molecule has 0 spiro atoms. The van der Waals surface area contributed by atoms with E-state index in [2.05, 4.69) is 4.98 Å². The summed E-state index contributed by atoms with van der Waals surface area (Å²) in [5, 5.41) is 9.47. The molecule has 2 rings (SSSR count). The van der Waals surface area contributed by atoms with Crippen LogP contribution in [0.2, 0.25) is 0 Å². The minimum absolute atomic E-state index is 0.0188. The van der Waals surface area contributed by atoms with Gasteiger partial charge in [-0.1, -0.05) is 18.2 Å². The molecular weight excluding hydrogens is 230 g/mol. The number of fused-ring (bicyclic) bond motifs is 1. The van der Waals surface area contributed by atoms with Gasteiger partial charge in [-0.3, -0.25) is 9.78 Å². The first kappa shape index (κ1) is 12.1. The van der Waals surface area contributed by atoms with Gasteiger partial charge >= 0.3 is 5.97 Å². The molecule has 0 aliphatic carbocycles. The van der Waals surface area contributed by atoms with Gasteiger partial charge in [-0.25, -0.2) is 0 Å². The fourth-order valence-electron chi connectivity index (χ4n) is 1.54. The first-order chi connectivity index (χ1) is 8.75. The standard InChI is InChI=1S/C14H13NO3/c16-14(17)5-1-2-9-18-12-6-7-13-11(10-12)4-3-8-15-13/h1-4,6-8,10H,5,9H2,(H,16,17)/b2-1+. The molecule has 0 fully saturated rings. The molecule has 0 unspecified atom stereocenters. The van der Waals surface area contributed by atoms with Gasteiger partial charge in [-0.05, 0) is 24.3 Å². The number of pyridine rings is 1. The van der Waals surface area contributed by atoms with Gasteiger partial charge in [0, 0.05) is 11.6 Å². The van der Waals surface area contributed by atoms with Crippen LogP contribution in [0.5, 0.6) is 5.75 Å². The molecule has 1 heterocycles. The second-order valence-corrected chi connectivity index (χ2v) is 3.74. The number of carbonyl (C=O) groups is 1. The van der Waals surface area contributed by atoms with Crippen molar-refractivity contribution in [3.05, 3.63) is 48.7 Å². The van der Waals surface area contributed by atoms with Gasteiger partial charge < -0.3 is 9.84 Å². The predicted molar refractivity (Wildman–Crippen MR) is 68.6 cm³/mol.